The van der Waals surface area contributed by atoms with E-state index in [1.807, 2.05) is 24.3 Å². The van der Waals surface area contributed by atoms with Gasteiger partial charge in [-0.25, -0.2) is 13.6 Å². The minimum absolute atomic E-state index is 0.0597. The summed E-state index contributed by atoms with van der Waals surface area (Å²) in [6.45, 7) is 2.60. The number of carbonyl (C=O) groups is 2. The molecule has 1 aliphatic heterocycles. The molecular weight excluding hydrogens is 386 g/mol. The standard InChI is InChI=1S/C18H21N3O4S2/c1-2-12-3-5-14(6-4-12)21-11-13(9-16(21)22)18(23)20-10-15-7-8-17(26-15)27(19,24)25/h3-8,13H,2,9-11H2,1H3,(H,20,23)(H2,19,24,25)/t13-/m0/s1. The number of rotatable bonds is 6. The van der Waals surface area contributed by atoms with Crippen LogP contribution in [0.2, 0.25) is 0 Å². The van der Waals surface area contributed by atoms with Crippen LogP contribution < -0.4 is 15.4 Å². The maximum atomic E-state index is 12.4. The van der Waals surface area contributed by atoms with Crippen LogP contribution in [0.1, 0.15) is 23.8 Å². The summed E-state index contributed by atoms with van der Waals surface area (Å²) >= 11 is 1.02. The molecule has 0 aliphatic carbocycles. The Balaban J connectivity index is 1.59. The van der Waals surface area contributed by atoms with Gasteiger partial charge in [0.1, 0.15) is 4.21 Å². The smallest absolute Gasteiger partial charge is 0.247 e. The van der Waals surface area contributed by atoms with Crippen LogP contribution in [-0.2, 0) is 32.6 Å². The number of nitrogens with two attached hydrogens (primary N) is 1. The highest BCUT2D eigenvalue weighted by atomic mass is 32.2. The third-order valence-corrected chi connectivity index (χ3v) is 7.03. The number of hydrogen-bond donors (Lipinski definition) is 2. The Kier molecular flexibility index (Phi) is 5.64. The lowest BCUT2D eigenvalue weighted by Crippen LogP contribution is -2.32. The van der Waals surface area contributed by atoms with E-state index in [-0.39, 0.29) is 29.0 Å². The number of thiophene rings is 1. The molecule has 9 heteroatoms. The largest absolute Gasteiger partial charge is 0.351 e. The highest BCUT2D eigenvalue weighted by Gasteiger charge is 2.35. The third-order valence-electron chi connectivity index (χ3n) is 4.51. The van der Waals surface area contributed by atoms with E-state index in [4.69, 9.17) is 5.14 Å². The summed E-state index contributed by atoms with van der Waals surface area (Å²) in [5.41, 5.74) is 1.98. The Bertz CT molecular complexity index is 951. The zero-order chi connectivity index (χ0) is 19.6. The number of primary sulfonamides is 1. The van der Waals surface area contributed by atoms with E-state index >= 15 is 0 Å². The monoisotopic (exact) mass is 407 g/mol. The van der Waals surface area contributed by atoms with Crippen molar-refractivity contribution in [3.63, 3.8) is 0 Å². The van der Waals surface area contributed by atoms with E-state index in [0.717, 1.165) is 23.4 Å². The summed E-state index contributed by atoms with van der Waals surface area (Å²) in [7, 11) is -3.73. The lowest BCUT2D eigenvalue weighted by molar-refractivity contribution is -0.126. The van der Waals surface area contributed by atoms with Gasteiger partial charge in [0.2, 0.25) is 21.8 Å². The van der Waals surface area contributed by atoms with Crippen molar-refractivity contribution in [2.45, 2.75) is 30.5 Å². The van der Waals surface area contributed by atoms with E-state index in [1.165, 1.54) is 11.6 Å². The van der Waals surface area contributed by atoms with Gasteiger partial charge in [-0.1, -0.05) is 19.1 Å². The minimum atomic E-state index is -3.73. The van der Waals surface area contributed by atoms with Crippen LogP contribution >= 0.6 is 11.3 Å². The average Bonchev–Trinajstić information content (AvgIpc) is 3.26. The van der Waals surface area contributed by atoms with Gasteiger partial charge in [-0.05, 0) is 36.2 Å². The van der Waals surface area contributed by atoms with E-state index in [0.29, 0.717) is 11.4 Å². The molecular formula is C18H21N3O4S2. The number of benzene rings is 1. The third kappa shape index (κ3) is 4.55. The first kappa shape index (κ1) is 19.5. The molecule has 2 heterocycles. The van der Waals surface area contributed by atoms with Crippen molar-refractivity contribution in [3.8, 4) is 0 Å². The summed E-state index contributed by atoms with van der Waals surface area (Å²) < 4.78 is 22.7. The van der Waals surface area contributed by atoms with Crippen LogP contribution in [0.15, 0.2) is 40.6 Å². The number of carbonyl (C=O) groups excluding carboxylic acids is 2. The van der Waals surface area contributed by atoms with Gasteiger partial charge in [-0.3, -0.25) is 9.59 Å². The van der Waals surface area contributed by atoms with Gasteiger partial charge in [-0.15, -0.1) is 11.3 Å². The Labute approximate surface area is 162 Å². The predicted octanol–water partition coefficient (Wildman–Crippen LogP) is 1.63. The normalized spacial score (nSPS) is 17.3. The first-order chi connectivity index (χ1) is 12.8. The first-order valence-electron chi connectivity index (χ1n) is 8.56. The van der Waals surface area contributed by atoms with Crippen molar-refractivity contribution in [1.29, 1.82) is 0 Å². The maximum absolute atomic E-state index is 12.4. The van der Waals surface area contributed by atoms with Crippen molar-refractivity contribution in [1.82, 2.24) is 5.32 Å². The molecule has 1 fully saturated rings. The molecule has 144 valence electrons. The second-order valence-corrected chi connectivity index (χ2v) is 9.37. The van der Waals surface area contributed by atoms with Gasteiger partial charge >= 0.3 is 0 Å². The number of amides is 2. The Morgan fingerprint density at radius 1 is 1.26 bits per heavy atom. The second kappa shape index (κ2) is 7.79. The minimum Gasteiger partial charge on any atom is -0.351 e. The lowest BCUT2D eigenvalue weighted by atomic mass is 10.1. The van der Waals surface area contributed by atoms with Gasteiger partial charge in [0.05, 0.1) is 12.5 Å². The number of nitrogens with zero attached hydrogens (tertiary/aromatic N) is 1. The molecule has 3 N–H and O–H groups in total. The molecule has 1 atom stereocenters. The van der Waals surface area contributed by atoms with Crippen molar-refractivity contribution >= 4 is 38.9 Å². The average molecular weight is 408 g/mol. The molecule has 0 bridgehead atoms. The van der Waals surface area contributed by atoms with Crippen LogP contribution in [0.5, 0.6) is 0 Å². The van der Waals surface area contributed by atoms with Gasteiger partial charge in [0, 0.05) is 23.5 Å². The summed E-state index contributed by atoms with van der Waals surface area (Å²) in [6.07, 6.45) is 1.09. The van der Waals surface area contributed by atoms with E-state index in [1.54, 1.807) is 11.0 Å². The highest BCUT2D eigenvalue weighted by Crippen LogP contribution is 2.26. The van der Waals surface area contributed by atoms with Crippen molar-refractivity contribution in [2.75, 3.05) is 11.4 Å². The number of nitrogens with one attached hydrogen (secondary N) is 1. The number of hydrogen-bond acceptors (Lipinski definition) is 5. The van der Waals surface area contributed by atoms with E-state index < -0.39 is 15.9 Å². The fraction of sp³-hybridized carbons (Fsp3) is 0.333. The molecule has 2 aromatic rings. The molecule has 1 aromatic carbocycles. The number of aryl methyl sites for hydroxylation is 1. The zero-order valence-corrected chi connectivity index (χ0v) is 16.5. The molecule has 1 saturated heterocycles. The molecule has 0 saturated carbocycles. The van der Waals surface area contributed by atoms with Gasteiger partial charge in [0.25, 0.3) is 0 Å². The SMILES string of the molecule is CCc1ccc(N2C[C@@H](C(=O)NCc3ccc(S(N)(=O)=O)s3)CC2=O)cc1. The zero-order valence-electron chi connectivity index (χ0n) is 14.8. The predicted molar refractivity (Wildman–Crippen MR) is 104 cm³/mol. The fourth-order valence-corrected chi connectivity index (χ4v) is 4.69. The van der Waals surface area contributed by atoms with Crippen LogP contribution in [0.25, 0.3) is 0 Å². The van der Waals surface area contributed by atoms with E-state index in [9.17, 15) is 18.0 Å². The highest BCUT2D eigenvalue weighted by molar-refractivity contribution is 7.91. The van der Waals surface area contributed by atoms with Gasteiger partial charge < -0.3 is 10.2 Å². The summed E-state index contributed by atoms with van der Waals surface area (Å²) in [4.78, 5) is 27.0. The van der Waals surface area contributed by atoms with Crippen LogP contribution in [0, 0.1) is 5.92 Å². The van der Waals surface area contributed by atoms with E-state index in [2.05, 4.69) is 12.2 Å². The molecule has 7 nitrogen and oxygen atoms in total. The summed E-state index contributed by atoms with van der Waals surface area (Å²) in [5, 5.41) is 7.86. The quantitative estimate of drug-likeness (QED) is 0.758. The molecule has 0 unspecified atom stereocenters. The topological polar surface area (TPSA) is 110 Å². The fourth-order valence-electron chi connectivity index (χ4n) is 2.97. The maximum Gasteiger partial charge on any atom is 0.247 e. The summed E-state index contributed by atoms with van der Waals surface area (Å²) in [6, 6.07) is 10.8. The van der Waals surface area contributed by atoms with Crippen LogP contribution in [0.3, 0.4) is 0 Å². The molecule has 2 amide bonds. The Morgan fingerprint density at radius 2 is 1.96 bits per heavy atom. The van der Waals surface area contributed by atoms with Crippen molar-refractivity contribution in [2.24, 2.45) is 11.1 Å². The van der Waals surface area contributed by atoms with Crippen molar-refractivity contribution in [3.05, 3.63) is 46.8 Å². The summed E-state index contributed by atoms with van der Waals surface area (Å²) in [5.74, 6) is -0.727. The molecule has 3 rings (SSSR count). The molecule has 0 radical (unpaired) electrons. The Morgan fingerprint density at radius 3 is 2.56 bits per heavy atom. The molecule has 1 aliphatic rings. The van der Waals surface area contributed by atoms with Gasteiger partial charge in [-0.2, -0.15) is 0 Å². The number of sulfonamides is 1. The molecule has 1 aromatic heterocycles. The lowest BCUT2D eigenvalue weighted by Gasteiger charge is -2.17. The van der Waals surface area contributed by atoms with Crippen molar-refractivity contribution < 1.29 is 18.0 Å². The van der Waals surface area contributed by atoms with Crippen LogP contribution in [-0.4, -0.2) is 26.8 Å². The second-order valence-electron chi connectivity index (χ2n) is 6.41. The van der Waals surface area contributed by atoms with Crippen LogP contribution in [0.4, 0.5) is 5.69 Å². The van der Waals surface area contributed by atoms with Gasteiger partial charge in [0.15, 0.2) is 0 Å². The molecule has 27 heavy (non-hydrogen) atoms. The Hall–Kier alpha value is -2.23. The first-order valence-corrected chi connectivity index (χ1v) is 10.9. The number of anilines is 1. The molecule has 0 spiro atoms.